The Morgan fingerprint density at radius 3 is 2.55 bits per heavy atom. The number of rotatable bonds is 7. The predicted octanol–water partition coefficient (Wildman–Crippen LogP) is 1.92. The standard InChI is InChI=1S/C17H24N2O3/c1-3-12-7-5-6-8-15(12)17(22)18-13-9-14(10-13)19(4-2)11-16(20)21/h5-8,13-14H,3-4,9-11H2,1-2H3,(H,18,22)(H,20,21). The van der Waals surface area contributed by atoms with Crippen LogP contribution in [0.4, 0.5) is 0 Å². The highest BCUT2D eigenvalue weighted by molar-refractivity contribution is 5.95. The fraction of sp³-hybridized carbons (Fsp3) is 0.529. The van der Waals surface area contributed by atoms with Crippen molar-refractivity contribution in [2.75, 3.05) is 13.1 Å². The Kier molecular flexibility index (Phi) is 5.55. The number of hydrogen-bond acceptors (Lipinski definition) is 3. The van der Waals surface area contributed by atoms with Crippen molar-refractivity contribution in [3.63, 3.8) is 0 Å². The summed E-state index contributed by atoms with van der Waals surface area (Å²) in [5, 5.41) is 11.9. The van der Waals surface area contributed by atoms with E-state index in [1.165, 1.54) is 0 Å². The molecule has 1 amide bonds. The van der Waals surface area contributed by atoms with Crippen molar-refractivity contribution >= 4 is 11.9 Å². The Labute approximate surface area is 131 Å². The summed E-state index contributed by atoms with van der Waals surface area (Å²) in [7, 11) is 0. The zero-order chi connectivity index (χ0) is 16.1. The third-order valence-electron chi connectivity index (χ3n) is 4.35. The maximum Gasteiger partial charge on any atom is 0.317 e. The van der Waals surface area contributed by atoms with Gasteiger partial charge in [0.1, 0.15) is 0 Å². The second-order valence-corrected chi connectivity index (χ2v) is 5.76. The van der Waals surface area contributed by atoms with Gasteiger partial charge in [0.25, 0.3) is 5.91 Å². The van der Waals surface area contributed by atoms with Gasteiger partial charge in [-0.2, -0.15) is 0 Å². The fourth-order valence-electron chi connectivity index (χ4n) is 2.99. The van der Waals surface area contributed by atoms with E-state index in [-0.39, 0.29) is 24.5 Å². The van der Waals surface area contributed by atoms with Gasteiger partial charge in [-0.25, -0.2) is 0 Å². The summed E-state index contributed by atoms with van der Waals surface area (Å²) in [4.78, 5) is 25.1. The maximum absolute atomic E-state index is 12.3. The van der Waals surface area contributed by atoms with E-state index in [9.17, 15) is 9.59 Å². The largest absolute Gasteiger partial charge is 0.480 e. The zero-order valence-corrected chi connectivity index (χ0v) is 13.2. The van der Waals surface area contributed by atoms with Crippen LogP contribution in [-0.4, -0.2) is 47.1 Å². The minimum absolute atomic E-state index is 0.0258. The molecule has 0 aromatic heterocycles. The molecule has 2 rings (SSSR count). The Bertz CT molecular complexity index is 538. The van der Waals surface area contributed by atoms with Crippen LogP contribution in [0.1, 0.15) is 42.6 Å². The lowest BCUT2D eigenvalue weighted by atomic mass is 9.85. The molecule has 1 aliphatic carbocycles. The Balaban J connectivity index is 1.87. The molecule has 1 aliphatic rings. The average Bonchev–Trinajstić information content (AvgIpc) is 2.48. The van der Waals surface area contributed by atoms with Gasteiger partial charge in [0.15, 0.2) is 0 Å². The van der Waals surface area contributed by atoms with E-state index in [2.05, 4.69) is 5.32 Å². The van der Waals surface area contributed by atoms with Crippen LogP contribution in [0, 0.1) is 0 Å². The van der Waals surface area contributed by atoms with Crippen LogP contribution in [0.3, 0.4) is 0 Å². The summed E-state index contributed by atoms with van der Waals surface area (Å²) in [6, 6.07) is 8.05. The van der Waals surface area contributed by atoms with E-state index >= 15 is 0 Å². The van der Waals surface area contributed by atoms with Gasteiger partial charge in [0.05, 0.1) is 6.54 Å². The molecule has 0 saturated heterocycles. The van der Waals surface area contributed by atoms with Crippen molar-refractivity contribution in [2.24, 2.45) is 0 Å². The SMILES string of the molecule is CCc1ccccc1C(=O)NC1CC(N(CC)CC(=O)O)C1. The number of nitrogens with one attached hydrogen (secondary N) is 1. The summed E-state index contributed by atoms with van der Waals surface area (Å²) in [5.74, 6) is -0.826. The quantitative estimate of drug-likeness (QED) is 0.807. The molecule has 5 heteroatoms. The molecule has 0 aliphatic heterocycles. The molecule has 1 fully saturated rings. The molecule has 1 aromatic carbocycles. The van der Waals surface area contributed by atoms with Crippen molar-refractivity contribution in [1.82, 2.24) is 10.2 Å². The average molecular weight is 304 g/mol. The van der Waals surface area contributed by atoms with E-state index in [0.29, 0.717) is 0 Å². The number of carbonyl (C=O) groups excluding carboxylic acids is 1. The molecular weight excluding hydrogens is 280 g/mol. The van der Waals surface area contributed by atoms with Crippen LogP contribution in [0.5, 0.6) is 0 Å². The molecule has 120 valence electrons. The third-order valence-corrected chi connectivity index (χ3v) is 4.35. The normalized spacial score (nSPS) is 20.5. The van der Waals surface area contributed by atoms with Gasteiger partial charge in [-0.05, 0) is 37.4 Å². The lowest BCUT2D eigenvalue weighted by Gasteiger charge is -2.42. The number of carbonyl (C=O) groups is 2. The number of amides is 1. The Hall–Kier alpha value is -1.88. The van der Waals surface area contributed by atoms with Crippen LogP contribution >= 0.6 is 0 Å². The first-order valence-electron chi connectivity index (χ1n) is 7.89. The van der Waals surface area contributed by atoms with Crippen molar-refractivity contribution in [2.45, 2.75) is 45.2 Å². The number of carboxylic acids is 1. The summed E-state index contributed by atoms with van der Waals surface area (Å²) in [5.41, 5.74) is 1.79. The van der Waals surface area contributed by atoms with Crippen LogP contribution in [-0.2, 0) is 11.2 Å². The second kappa shape index (κ2) is 7.40. The van der Waals surface area contributed by atoms with Crippen LogP contribution in [0.15, 0.2) is 24.3 Å². The van der Waals surface area contributed by atoms with E-state index in [1.54, 1.807) is 0 Å². The molecule has 0 atom stereocenters. The molecule has 22 heavy (non-hydrogen) atoms. The van der Waals surface area contributed by atoms with E-state index in [4.69, 9.17) is 5.11 Å². The van der Waals surface area contributed by atoms with Gasteiger partial charge in [0.2, 0.25) is 0 Å². The first kappa shape index (κ1) is 16.5. The Morgan fingerprint density at radius 2 is 1.95 bits per heavy atom. The minimum atomic E-state index is -0.800. The third kappa shape index (κ3) is 3.85. The molecule has 1 saturated carbocycles. The van der Waals surface area contributed by atoms with Crippen LogP contribution in [0.25, 0.3) is 0 Å². The monoisotopic (exact) mass is 304 g/mol. The molecule has 5 nitrogen and oxygen atoms in total. The van der Waals surface area contributed by atoms with Gasteiger partial charge in [0, 0.05) is 17.6 Å². The van der Waals surface area contributed by atoms with Crippen LogP contribution in [0.2, 0.25) is 0 Å². The molecule has 0 bridgehead atoms. The number of carboxylic acid groups (broad SMARTS) is 1. The number of aliphatic carboxylic acids is 1. The van der Waals surface area contributed by atoms with Gasteiger partial charge in [-0.15, -0.1) is 0 Å². The highest BCUT2D eigenvalue weighted by atomic mass is 16.4. The molecule has 0 unspecified atom stereocenters. The van der Waals surface area contributed by atoms with Gasteiger partial charge in [-0.1, -0.05) is 32.0 Å². The zero-order valence-electron chi connectivity index (χ0n) is 13.2. The van der Waals surface area contributed by atoms with Crippen molar-refractivity contribution in [3.05, 3.63) is 35.4 Å². The molecule has 0 heterocycles. The van der Waals surface area contributed by atoms with Crippen molar-refractivity contribution < 1.29 is 14.7 Å². The highest BCUT2D eigenvalue weighted by Crippen LogP contribution is 2.26. The molecule has 0 spiro atoms. The lowest BCUT2D eigenvalue weighted by Crippen LogP contribution is -2.54. The van der Waals surface area contributed by atoms with Gasteiger partial charge in [-0.3, -0.25) is 14.5 Å². The second-order valence-electron chi connectivity index (χ2n) is 5.76. The smallest absolute Gasteiger partial charge is 0.317 e. The number of hydrogen-bond donors (Lipinski definition) is 2. The minimum Gasteiger partial charge on any atom is -0.480 e. The molecule has 1 aromatic rings. The van der Waals surface area contributed by atoms with Crippen molar-refractivity contribution in [3.8, 4) is 0 Å². The number of likely N-dealkylation sites (N-methyl/N-ethyl adjacent to an activating group) is 1. The fourth-order valence-corrected chi connectivity index (χ4v) is 2.99. The van der Waals surface area contributed by atoms with Crippen molar-refractivity contribution in [1.29, 1.82) is 0 Å². The van der Waals surface area contributed by atoms with E-state index in [0.717, 1.165) is 36.9 Å². The van der Waals surface area contributed by atoms with Gasteiger partial charge >= 0.3 is 5.97 Å². The number of benzene rings is 1. The first-order chi connectivity index (χ1) is 10.5. The van der Waals surface area contributed by atoms with E-state index < -0.39 is 5.97 Å². The number of nitrogens with zero attached hydrogens (tertiary/aromatic N) is 1. The summed E-state index contributed by atoms with van der Waals surface area (Å²) < 4.78 is 0. The lowest BCUT2D eigenvalue weighted by molar-refractivity contribution is -0.139. The molecule has 2 N–H and O–H groups in total. The summed E-state index contributed by atoms with van der Waals surface area (Å²) in [6.07, 6.45) is 2.47. The van der Waals surface area contributed by atoms with Crippen LogP contribution < -0.4 is 5.32 Å². The van der Waals surface area contributed by atoms with Gasteiger partial charge < -0.3 is 10.4 Å². The first-order valence-corrected chi connectivity index (χ1v) is 7.89. The molecular formula is C17H24N2O3. The Morgan fingerprint density at radius 1 is 1.27 bits per heavy atom. The number of aryl methyl sites for hydroxylation is 1. The summed E-state index contributed by atoms with van der Waals surface area (Å²) in [6.45, 7) is 4.79. The molecule has 0 radical (unpaired) electrons. The maximum atomic E-state index is 12.3. The topological polar surface area (TPSA) is 69.6 Å². The van der Waals surface area contributed by atoms with E-state index in [1.807, 2.05) is 43.0 Å². The predicted molar refractivity (Wildman–Crippen MR) is 85.0 cm³/mol. The highest BCUT2D eigenvalue weighted by Gasteiger charge is 2.34. The summed E-state index contributed by atoms with van der Waals surface area (Å²) >= 11 is 0.